The van der Waals surface area contributed by atoms with Gasteiger partial charge in [0, 0.05) is 43.3 Å². The van der Waals surface area contributed by atoms with Gasteiger partial charge in [-0.15, -0.1) is 10.2 Å². The molecule has 0 atom stereocenters. The molecule has 0 unspecified atom stereocenters. The van der Waals surface area contributed by atoms with E-state index in [0.717, 1.165) is 37.5 Å². The minimum atomic E-state index is 0.0206. The predicted molar refractivity (Wildman–Crippen MR) is 94.8 cm³/mol. The quantitative estimate of drug-likeness (QED) is 0.745. The number of aromatic nitrogens is 2. The number of Topliss-reactive ketones (excluding diaryl/α,β-unsaturated/α-hetero) is 1. The van der Waals surface area contributed by atoms with Crippen molar-refractivity contribution in [3.8, 4) is 0 Å². The fraction of sp³-hybridized carbons (Fsp3) is 0.500. The van der Waals surface area contributed by atoms with Crippen molar-refractivity contribution in [2.45, 2.75) is 50.4 Å². The summed E-state index contributed by atoms with van der Waals surface area (Å²) in [6.45, 7) is 1.37. The Labute approximate surface area is 152 Å². The van der Waals surface area contributed by atoms with E-state index in [1.54, 1.807) is 12.1 Å². The summed E-state index contributed by atoms with van der Waals surface area (Å²) in [5.74, 6) is 2.28. The van der Waals surface area contributed by atoms with Crippen LogP contribution < -0.4 is 0 Å². The largest absolute Gasteiger partial charge is 0.425 e. The number of piperidine rings is 1. The van der Waals surface area contributed by atoms with Gasteiger partial charge in [-0.1, -0.05) is 30.3 Å². The van der Waals surface area contributed by atoms with E-state index in [-0.39, 0.29) is 30.4 Å². The van der Waals surface area contributed by atoms with Crippen molar-refractivity contribution in [2.75, 3.05) is 13.1 Å². The zero-order valence-electron chi connectivity index (χ0n) is 14.8. The van der Waals surface area contributed by atoms with Crippen molar-refractivity contribution in [3.05, 3.63) is 47.7 Å². The number of nitrogens with zero attached hydrogens (tertiary/aromatic N) is 3. The number of ketones is 1. The molecule has 2 aromatic rings. The highest BCUT2D eigenvalue weighted by atomic mass is 16.4. The monoisotopic (exact) mass is 353 g/mol. The molecule has 2 fully saturated rings. The van der Waals surface area contributed by atoms with Gasteiger partial charge in [0.2, 0.25) is 17.7 Å². The van der Waals surface area contributed by atoms with Gasteiger partial charge in [-0.2, -0.15) is 0 Å². The van der Waals surface area contributed by atoms with Gasteiger partial charge in [-0.3, -0.25) is 9.59 Å². The first-order chi connectivity index (χ1) is 12.7. The molecule has 4 rings (SSSR count). The maximum atomic E-state index is 12.4. The summed E-state index contributed by atoms with van der Waals surface area (Å²) in [4.78, 5) is 26.4. The maximum Gasteiger partial charge on any atom is 0.223 e. The van der Waals surface area contributed by atoms with Gasteiger partial charge in [0.25, 0.3) is 0 Å². The lowest BCUT2D eigenvalue weighted by atomic mass is 9.96. The molecule has 2 aliphatic rings. The van der Waals surface area contributed by atoms with E-state index >= 15 is 0 Å². The lowest BCUT2D eigenvalue weighted by Gasteiger charge is -2.30. The zero-order valence-corrected chi connectivity index (χ0v) is 14.8. The SMILES string of the molecule is O=C(CCC(=O)N1CCC(c2nnc(C3CC3)o2)CC1)c1ccccc1. The molecule has 1 aliphatic heterocycles. The fourth-order valence-corrected chi connectivity index (χ4v) is 3.43. The molecular formula is C20H23N3O3. The summed E-state index contributed by atoms with van der Waals surface area (Å²) >= 11 is 0. The van der Waals surface area contributed by atoms with Crippen LogP contribution >= 0.6 is 0 Å². The first-order valence-electron chi connectivity index (χ1n) is 9.40. The van der Waals surface area contributed by atoms with Gasteiger partial charge in [0.05, 0.1) is 0 Å². The average Bonchev–Trinajstić information content (AvgIpc) is 3.43. The summed E-state index contributed by atoms with van der Waals surface area (Å²) in [5, 5.41) is 8.35. The number of rotatable bonds is 6. The summed E-state index contributed by atoms with van der Waals surface area (Å²) in [5.41, 5.74) is 0.668. The lowest BCUT2D eigenvalue weighted by molar-refractivity contribution is -0.132. The highest BCUT2D eigenvalue weighted by Gasteiger charge is 2.32. The van der Waals surface area contributed by atoms with E-state index in [2.05, 4.69) is 10.2 Å². The summed E-state index contributed by atoms with van der Waals surface area (Å²) in [6, 6.07) is 9.14. The van der Waals surface area contributed by atoms with Crippen molar-refractivity contribution in [2.24, 2.45) is 0 Å². The summed E-state index contributed by atoms with van der Waals surface area (Å²) in [7, 11) is 0. The van der Waals surface area contributed by atoms with Gasteiger partial charge < -0.3 is 9.32 Å². The van der Waals surface area contributed by atoms with Crippen LogP contribution in [0.15, 0.2) is 34.7 Å². The van der Waals surface area contributed by atoms with Crippen molar-refractivity contribution < 1.29 is 14.0 Å². The summed E-state index contributed by atoms with van der Waals surface area (Å²) < 4.78 is 5.80. The molecule has 1 aromatic carbocycles. The van der Waals surface area contributed by atoms with Crippen LogP contribution in [0.25, 0.3) is 0 Å². The highest BCUT2D eigenvalue weighted by molar-refractivity contribution is 5.97. The van der Waals surface area contributed by atoms with Gasteiger partial charge in [-0.25, -0.2) is 0 Å². The molecule has 6 heteroatoms. The molecule has 1 saturated carbocycles. The van der Waals surface area contributed by atoms with Crippen LogP contribution in [0.4, 0.5) is 0 Å². The Morgan fingerprint density at radius 2 is 1.54 bits per heavy atom. The van der Waals surface area contributed by atoms with Gasteiger partial charge in [0.1, 0.15) is 0 Å². The number of hydrogen-bond donors (Lipinski definition) is 0. The third-order valence-corrected chi connectivity index (χ3v) is 5.24. The van der Waals surface area contributed by atoms with Crippen LogP contribution in [0.2, 0.25) is 0 Å². The van der Waals surface area contributed by atoms with Gasteiger partial charge in [-0.05, 0) is 25.7 Å². The molecule has 0 spiro atoms. The molecule has 1 aromatic heterocycles. The second-order valence-corrected chi connectivity index (χ2v) is 7.20. The number of likely N-dealkylation sites (tertiary alicyclic amines) is 1. The standard InChI is InChI=1S/C20H23N3O3/c24-17(14-4-2-1-3-5-14)8-9-18(25)23-12-10-16(11-13-23)20-22-21-19(26-20)15-6-7-15/h1-5,15-16H,6-13H2. The van der Waals surface area contributed by atoms with Crippen molar-refractivity contribution >= 4 is 11.7 Å². The molecule has 0 bridgehead atoms. The minimum Gasteiger partial charge on any atom is -0.425 e. The molecular weight excluding hydrogens is 330 g/mol. The molecule has 0 radical (unpaired) electrons. The third-order valence-electron chi connectivity index (χ3n) is 5.24. The second kappa shape index (κ2) is 7.40. The van der Waals surface area contributed by atoms with E-state index in [0.29, 0.717) is 24.6 Å². The Balaban J connectivity index is 1.24. The molecule has 1 amide bonds. The molecule has 1 saturated heterocycles. The number of carbonyl (C=O) groups excluding carboxylic acids is 2. The van der Waals surface area contributed by atoms with Crippen molar-refractivity contribution in [1.82, 2.24) is 15.1 Å². The van der Waals surface area contributed by atoms with E-state index in [1.807, 2.05) is 23.1 Å². The Morgan fingerprint density at radius 1 is 0.923 bits per heavy atom. The zero-order chi connectivity index (χ0) is 17.9. The smallest absolute Gasteiger partial charge is 0.223 e. The Hall–Kier alpha value is -2.50. The third kappa shape index (κ3) is 3.84. The molecule has 1 aliphatic carbocycles. The van der Waals surface area contributed by atoms with Crippen LogP contribution in [-0.4, -0.2) is 39.9 Å². The fourth-order valence-electron chi connectivity index (χ4n) is 3.43. The first-order valence-corrected chi connectivity index (χ1v) is 9.40. The average molecular weight is 353 g/mol. The molecule has 6 nitrogen and oxygen atoms in total. The van der Waals surface area contributed by atoms with E-state index in [9.17, 15) is 9.59 Å². The molecule has 26 heavy (non-hydrogen) atoms. The molecule has 136 valence electrons. The van der Waals surface area contributed by atoms with Gasteiger partial charge >= 0.3 is 0 Å². The second-order valence-electron chi connectivity index (χ2n) is 7.20. The highest BCUT2D eigenvalue weighted by Crippen LogP contribution is 2.40. The number of benzene rings is 1. The Kier molecular flexibility index (Phi) is 4.82. The normalized spacial score (nSPS) is 18.1. The lowest BCUT2D eigenvalue weighted by Crippen LogP contribution is -2.38. The van der Waals surface area contributed by atoms with E-state index in [4.69, 9.17) is 4.42 Å². The topological polar surface area (TPSA) is 76.3 Å². The minimum absolute atomic E-state index is 0.0206. The Bertz CT molecular complexity index is 775. The van der Waals surface area contributed by atoms with Crippen LogP contribution in [0, 0.1) is 0 Å². The van der Waals surface area contributed by atoms with Crippen LogP contribution in [-0.2, 0) is 4.79 Å². The van der Waals surface area contributed by atoms with E-state index in [1.165, 1.54) is 0 Å². The summed E-state index contributed by atoms with van der Waals surface area (Å²) in [6.07, 6.45) is 4.50. The van der Waals surface area contributed by atoms with Crippen molar-refractivity contribution in [3.63, 3.8) is 0 Å². The number of carbonyl (C=O) groups is 2. The number of hydrogen-bond acceptors (Lipinski definition) is 5. The number of amides is 1. The van der Waals surface area contributed by atoms with Gasteiger partial charge in [0.15, 0.2) is 5.78 Å². The predicted octanol–water partition coefficient (Wildman–Crippen LogP) is 3.32. The van der Waals surface area contributed by atoms with Crippen LogP contribution in [0.3, 0.4) is 0 Å². The first kappa shape index (κ1) is 16.9. The van der Waals surface area contributed by atoms with E-state index < -0.39 is 0 Å². The van der Waals surface area contributed by atoms with Crippen LogP contribution in [0.5, 0.6) is 0 Å². The van der Waals surface area contributed by atoms with Crippen molar-refractivity contribution in [1.29, 1.82) is 0 Å². The Morgan fingerprint density at radius 3 is 2.15 bits per heavy atom. The molecule has 2 heterocycles. The maximum absolute atomic E-state index is 12.4. The molecule has 0 N–H and O–H groups in total. The van der Waals surface area contributed by atoms with Crippen LogP contribution in [0.1, 0.15) is 72.5 Å².